The Morgan fingerprint density at radius 2 is 0.681 bits per heavy atom. The second kappa shape index (κ2) is 12.7. The first-order valence-electron chi connectivity index (χ1n) is 16.1. The van der Waals surface area contributed by atoms with E-state index < -0.39 is 0 Å². The Labute approximate surface area is 276 Å². The molecule has 0 radical (unpaired) electrons. The third-order valence-electron chi connectivity index (χ3n) is 8.87. The highest BCUT2D eigenvalue weighted by Crippen LogP contribution is 2.43. The van der Waals surface area contributed by atoms with Crippen molar-refractivity contribution in [2.75, 3.05) is 4.90 Å². The maximum absolute atomic E-state index is 2.39. The highest BCUT2D eigenvalue weighted by molar-refractivity contribution is 5.94. The van der Waals surface area contributed by atoms with Crippen LogP contribution in [0.3, 0.4) is 0 Å². The molecule has 0 saturated heterocycles. The van der Waals surface area contributed by atoms with Gasteiger partial charge in [-0.2, -0.15) is 0 Å². The lowest BCUT2D eigenvalue weighted by Gasteiger charge is -2.29. The van der Waals surface area contributed by atoms with Gasteiger partial charge in [0, 0.05) is 16.9 Å². The van der Waals surface area contributed by atoms with E-state index in [9.17, 15) is 0 Å². The summed E-state index contributed by atoms with van der Waals surface area (Å²) in [6.07, 6.45) is 0. The summed E-state index contributed by atoms with van der Waals surface area (Å²) in [6.45, 7) is 0. The largest absolute Gasteiger partial charge is 0.310 e. The zero-order chi connectivity index (χ0) is 31.4. The topological polar surface area (TPSA) is 3.24 Å². The maximum atomic E-state index is 2.39. The van der Waals surface area contributed by atoms with Crippen molar-refractivity contribution in [1.29, 1.82) is 0 Å². The number of hydrogen-bond donors (Lipinski definition) is 0. The number of anilines is 3. The molecule has 0 atom stereocenters. The van der Waals surface area contributed by atoms with Gasteiger partial charge in [0.1, 0.15) is 0 Å². The first-order valence-corrected chi connectivity index (χ1v) is 16.1. The molecule has 0 bridgehead atoms. The van der Waals surface area contributed by atoms with E-state index in [1.165, 1.54) is 55.3 Å². The Kier molecular flexibility index (Phi) is 7.63. The van der Waals surface area contributed by atoms with Crippen LogP contribution in [0.2, 0.25) is 0 Å². The van der Waals surface area contributed by atoms with Gasteiger partial charge < -0.3 is 4.90 Å². The molecule has 0 N–H and O–H groups in total. The number of benzene rings is 8. The first-order chi connectivity index (χ1) is 23.3. The molecule has 0 aromatic heterocycles. The summed E-state index contributed by atoms with van der Waals surface area (Å²) in [4.78, 5) is 2.39. The predicted molar refractivity (Wildman–Crippen MR) is 200 cm³/mol. The van der Waals surface area contributed by atoms with Gasteiger partial charge in [-0.15, -0.1) is 0 Å². The Balaban J connectivity index is 1.28. The molecule has 47 heavy (non-hydrogen) atoms. The molecular weight excluding hydrogens is 567 g/mol. The van der Waals surface area contributed by atoms with Gasteiger partial charge in [-0.3, -0.25) is 0 Å². The van der Waals surface area contributed by atoms with Crippen molar-refractivity contribution in [2.45, 2.75) is 0 Å². The number of fused-ring (bicyclic) bond motifs is 1. The van der Waals surface area contributed by atoms with Crippen LogP contribution in [-0.4, -0.2) is 0 Å². The Bertz CT molecular complexity index is 2250. The van der Waals surface area contributed by atoms with Crippen molar-refractivity contribution in [3.8, 4) is 44.5 Å². The molecule has 1 heteroatoms. The molecule has 8 aromatic carbocycles. The van der Waals surface area contributed by atoms with Gasteiger partial charge >= 0.3 is 0 Å². The van der Waals surface area contributed by atoms with Crippen molar-refractivity contribution in [2.24, 2.45) is 0 Å². The summed E-state index contributed by atoms with van der Waals surface area (Å²) >= 11 is 0. The SMILES string of the molecule is c1ccc(-c2ccc(-c3ccc(N(c4ccc(-c5ccccc5)cc4)c4ccc5ccccc5c4)c(-c4ccccc4)c3)cc2)cc1. The fourth-order valence-corrected chi connectivity index (χ4v) is 6.42. The quantitative estimate of drug-likeness (QED) is 0.176. The van der Waals surface area contributed by atoms with Crippen LogP contribution >= 0.6 is 0 Å². The summed E-state index contributed by atoms with van der Waals surface area (Å²) < 4.78 is 0. The molecule has 1 nitrogen and oxygen atoms in total. The maximum Gasteiger partial charge on any atom is 0.0540 e. The Morgan fingerprint density at radius 3 is 1.28 bits per heavy atom. The van der Waals surface area contributed by atoms with Crippen molar-refractivity contribution >= 4 is 27.8 Å². The standard InChI is InChI=1S/C46H33N/c1-4-12-34(13-5-1)37-20-22-39(23-21-37)42-27-31-46(45(33-42)40-17-8-3-9-18-40)47(44-30-26-36-16-10-11-19-41(36)32-44)43-28-24-38(25-29-43)35-14-6-2-7-15-35/h1-33H. The summed E-state index contributed by atoms with van der Waals surface area (Å²) in [6, 6.07) is 71.9. The molecule has 0 fully saturated rings. The van der Waals surface area contributed by atoms with Gasteiger partial charge in [0.25, 0.3) is 0 Å². The van der Waals surface area contributed by atoms with E-state index in [2.05, 4.69) is 205 Å². The van der Waals surface area contributed by atoms with Gasteiger partial charge in [-0.1, -0.05) is 164 Å². The van der Waals surface area contributed by atoms with E-state index in [0.717, 1.165) is 17.1 Å². The molecule has 0 amide bonds. The second-order valence-corrected chi connectivity index (χ2v) is 11.8. The smallest absolute Gasteiger partial charge is 0.0540 e. The average molecular weight is 600 g/mol. The van der Waals surface area contributed by atoms with Crippen LogP contribution in [0.25, 0.3) is 55.3 Å². The van der Waals surface area contributed by atoms with E-state index in [0.29, 0.717) is 0 Å². The van der Waals surface area contributed by atoms with Crippen LogP contribution in [0.5, 0.6) is 0 Å². The molecular formula is C46H33N. The van der Waals surface area contributed by atoms with E-state index >= 15 is 0 Å². The van der Waals surface area contributed by atoms with Crippen LogP contribution in [0.4, 0.5) is 17.1 Å². The summed E-state index contributed by atoms with van der Waals surface area (Å²) in [7, 11) is 0. The second-order valence-electron chi connectivity index (χ2n) is 11.8. The van der Waals surface area contributed by atoms with Crippen LogP contribution in [-0.2, 0) is 0 Å². The van der Waals surface area contributed by atoms with Crippen molar-refractivity contribution < 1.29 is 0 Å². The van der Waals surface area contributed by atoms with E-state index in [1.54, 1.807) is 0 Å². The van der Waals surface area contributed by atoms with E-state index in [4.69, 9.17) is 0 Å². The molecule has 0 aliphatic heterocycles. The first kappa shape index (κ1) is 28.3. The van der Waals surface area contributed by atoms with E-state index in [1.807, 2.05) is 0 Å². The van der Waals surface area contributed by atoms with Crippen LogP contribution < -0.4 is 4.90 Å². The van der Waals surface area contributed by atoms with Crippen molar-refractivity contribution in [3.63, 3.8) is 0 Å². The minimum Gasteiger partial charge on any atom is -0.310 e. The monoisotopic (exact) mass is 599 g/mol. The molecule has 0 spiro atoms. The normalized spacial score (nSPS) is 11.0. The lowest BCUT2D eigenvalue weighted by Crippen LogP contribution is -2.11. The third-order valence-corrected chi connectivity index (χ3v) is 8.87. The van der Waals surface area contributed by atoms with Crippen molar-refractivity contribution in [3.05, 3.63) is 200 Å². The average Bonchev–Trinajstić information content (AvgIpc) is 3.16. The molecule has 0 heterocycles. The summed E-state index contributed by atoms with van der Waals surface area (Å²) in [5.74, 6) is 0. The minimum atomic E-state index is 1.11. The minimum absolute atomic E-state index is 1.11. The molecule has 0 saturated carbocycles. The van der Waals surface area contributed by atoms with Crippen LogP contribution in [0, 0.1) is 0 Å². The Morgan fingerprint density at radius 1 is 0.255 bits per heavy atom. The fourth-order valence-electron chi connectivity index (χ4n) is 6.42. The van der Waals surface area contributed by atoms with Gasteiger partial charge in [-0.25, -0.2) is 0 Å². The highest BCUT2D eigenvalue weighted by Gasteiger charge is 2.19. The van der Waals surface area contributed by atoms with Gasteiger partial charge in [0.05, 0.1) is 5.69 Å². The summed E-state index contributed by atoms with van der Waals surface area (Å²) in [5, 5.41) is 2.44. The van der Waals surface area contributed by atoms with Crippen molar-refractivity contribution in [1.82, 2.24) is 0 Å². The van der Waals surface area contributed by atoms with Gasteiger partial charge in [0.2, 0.25) is 0 Å². The number of nitrogens with zero attached hydrogens (tertiary/aromatic N) is 1. The number of hydrogen-bond acceptors (Lipinski definition) is 1. The van der Waals surface area contributed by atoms with Crippen LogP contribution in [0.1, 0.15) is 0 Å². The molecule has 0 aliphatic carbocycles. The highest BCUT2D eigenvalue weighted by atomic mass is 15.1. The molecule has 222 valence electrons. The van der Waals surface area contributed by atoms with Crippen LogP contribution in [0.15, 0.2) is 200 Å². The Hall–Kier alpha value is -6.18. The fraction of sp³-hybridized carbons (Fsp3) is 0. The molecule has 0 aliphatic rings. The van der Waals surface area contributed by atoms with E-state index in [-0.39, 0.29) is 0 Å². The molecule has 8 rings (SSSR count). The molecule has 0 unspecified atom stereocenters. The number of rotatable bonds is 7. The predicted octanol–water partition coefficient (Wildman–Crippen LogP) is 13.0. The zero-order valence-corrected chi connectivity index (χ0v) is 26.0. The summed E-state index contributed by atoms with van der Waals surface area (Å²) in [5.41, 5.74) is 12.9. The third kappa shape index (κ3) is 5.83. The molecule has 8 aromatic rings. The lowest BCUT2D eigenvalue weighted by atomic mass is 9.95. The lowest BCUT2D eigenvalue weighted by molar-refractivity contribution is 1.29. The van der Waals surface area contributed by atoms with Gasteiger partial charge in [0.15, 0.2) is 0 Å². The zero-order valence-electron chi connectivity index (χ0n) is 26.0. The van der Waals surface area contributed by atoms with Gasteiger partial charge in [-0.05, 0) is 86.1 Å².